The molecule has 0 atom stereocenters. The molecule has 0 aliphatic carbocycles. The summed E-state index contributed by atoms with van der Waals surface area (Å²) in [5, 5.41) is 1.27. The highest BCUT2D eigenvalue weighted by atomic mass is 79.9. The van der Waals surface area contributed by atoms with E-state index in [4.69, 9.17) is 33.7 Å². The van der Waals surface area contributed by atoms with Crippen LogP contribution < -0.4 is 10.5 Å². The lowest BCUT2D eigenvalue weighted by Crippen LogP contribution is -2.05. The summed E-state index contributed by atoms with van der Waals surface area (Å²) in [4.78, 5) is 3.99. The summed E-state index contributed by atoms with van der Waals surface area (Å²) in [5.74, 6) is 0.894. The summed E-state index contributed by atoms with van der Waals surface area (Å²) in [6, 6.07) is 7.19. The molecule has 6 heteroatoms. The molecule has 100 valence electrons. The number of nitrogens with zero attached hydrogens (tertiary/aromatic N) is 1. The highest BCUT2D eigenvalue weighted by Gasteiger charge is 2.07. The van der Waals surface area contributed by atoms with Crippen molar-refractivity contribution in [2.75, 3.05) is 12.3 Å². The smallest absolute Gasteiger partial charge is 0.166 e. The minimum absolute atomic E-state index is 0.355. The second kappa shape index (κ2) is 6.46. The number of hydrogen-bond acceptors (Lipinski definition) is 3. The zero-order valence-corrected chi connectivity index (χ0v) is 13.0. The van der Waals surface area contributed by atoms with Crippen molar-refractivity contribution < 1.29 is 4.74 Å². The minimum atomic E-state index is 0.355. The SMILES string of the molecule is Nc1ncc(Br)cc1OCCc1c(Cl)cccc1Cl. The standard InChI is InChI=1S/C13H11BrCl2N2O/c14-8-6-12(13(17)18-7-8)19-5-4-9-10(15)2-1-3-11(9)16/h1-3,6-7H,4-5H2,(H2,17,18). The third-order valence-electron chi connectivity index (χ3n) is 2.52. The summed E-state index contributed by atoms with van der Waals surface area (Å²) in [6.45, 7) is 0.422. The Bertz CT molecular complexity index is 573. The van der Waals surface area contributed by atoms with Crippen molar-refractivity contribution in [3.8, 4) is 5.75 Å². The third kappa shape index (κ3) is 3.75. The molecule has 19 heavy (non-hydrogen) atoms. The predicted molar refractivity (Wildman–Crippen MR) is 82.0 cm³/mol. The van der Waals surface area contributed by atoms with E-state index in [9.17, 15) is 0 Å². The highest BCUT2D eigenvalue weighted by molar-refractivity contribution is 9.10. The fraction of sp³-hybridized carbons (Fsp3) is 0.154. The van der Waals surface area contributed by atoms with Crippen LogP contribution in [0.1, 0.15) is 5.56 Å². The molecule has 2 N–H and O–H groups in total. The van der Waals surface area contributed by atoms with Crippen LogP contribution in [0, 0.1) is 0 Å². The van der Waals surface area contributed by atoms with E-state index in [2.05, 4.69) is 20.9 Å². The van der Waals surface area contributed by atoms with Crippen LogP contribution in [0.5, 0.6) is 5.75 Å². The Balaban J connectivity index is 2.02. The minimum Gasteiger partial charge on any atom is -0.489 e. The van der Waals surface area contributed by atoms with Crippen LogP contribution in [0.25, 0.3) is 0 Å². The van der Waals surface area contributed by atoms with E-state index in [1.165, 1.54) is 0 Å². The molecule has 0 spiro atoms. The maximum atomic E-state index is 6.08. The topological polar surface area (TPSA) is 48.1 Å². The van der Waals surface area contributed by atoms with E-state index >= 15 is 0 Å². The van der Waals surface area contributed by atoms with E-state index < -0.39 is 0 Å². The number of nitrogen functional groups attached to an aromatic ring is 1. The third-order valence-corrected chi connectivity index (χ3v) is 3.66. The van der Waals surface area contributed by atoms with Crippen LogP contribution in [-0.2, 0) is 6.42 Å². The molecule has 1 heterocycles. The Labute approximate surface area is 129 Å². The van der Waals surface area contributed by atoms with Gasteiger partial charge in [0, 0.05) is 27.1 Å². The molecule has 1 aromatic heterocycles. The van der Waals surface area contributed by atoms with Crippen molar-refractivity contribution in [3.05, 3.63) is 50.5 Å². The molecule has 0 aliphatic rings. The zero-order chi connectivity index (χ0) is 13.8. The molecule has 0 amide bonds. The summed E-state index contributed by atoms with van der Waals surface area (Å²) in [5.41, 5.74) is 6.59. The molecule has 1 aromatic carbocycles. The Hall–Kier alpha value is -0.970. The lowest BCUT2D eigenvalue weighted by molar-refractivity contribution is 0.322. The fourth-order valence-corrected chi connectivity index (χ4v) is 2.48. The average molecular weight is 362 g/mol. The molecule has 0 saturated carbocycles. The number of ether oxygens (including phenoxy) is 1. The molecule has 0 radical (unpaired) electrons. The van der Waals surface area contributed by atoms with Gasteiger partial charge < -0.3 is 10.5 Å². The van der Waals surface area contributed by atoms with Gasteiger partial charge in [-0.3, -0.25) is 0 Å². The molecule has 2 rings (SSSR count). The summed E-state index contributed by atoms with van der Waals surface area (Å²) >= 11 is 15.5. The van der Waals surface area contributed by atoms with Crippen LogP contribution in [-0.4, -0.2) is 11.6 Å². The number of halogens is 3. The van der Waals surface area contributed by atoms with E-state index in [-0.39, 0.29) is 0 Å². The quantitative estimate of drug-likeness (QED) is 0.880. The van der Waals surface area contributed by atoms with Gasteiger partial charge in [-0.25, -0.2) is 4.98 Å². The largest absolute Gasteiger partial charge is 0.489 e. The number of aromatic nitrogens is 1. The monoisotopic (exact) mass is 360 g/mol. The van der Waals surface area contributed by atoms with E-state index in [1.54, 1.807) is 24.4 Å². The van der Waals surface area contributed by atoms with Crippen molar-refractivity contribution in [2.24, 2.45) is 0 Å². The Morgan fingerprint density at radius 2 is 1.95 bits per heavy atom. The number of hydrogen-bond donors (Lipinski definition) is 1. The maximum absolute atomic E-state index is 6.08. The lowest BCUT2D eigenvalue weighted by Gasteiger charge is -2.10. The molecule has 0 bridgehead atoms. The second-order valence-corrected chi connectivity index (χ2v) is 5.57. The van der Waals surface area contributed by atoms with Gasteiger partial charge in [-0.1, -0.05) is 29.3 Å². The maximum Gasteiger partial charge on any atom is 0.166 e. The first-order valence-electron chi connectivity index (χ1n) is 5.54. The van der Waals surface area contributed by atoms with Crippen LogP contribution in [0.3, 0.4) is 0 Å². The summed E-state index contributed by atoms with van der Waals surface area (Å²) in [6.07, 6.45) is 2.22. The highest BCUT2D eigenvalue weighted by Crippen LogP contribution is 2.26. The van der Waals surface area contributed by atoms with Crippen molar-refractivity contribution in [3.63, 3.8) is 0 Å². The summed E-state index contributed by atoms with van der Waals surface area (Å²) in [7, 11) is 0. The van der Waals surface area contributed by atoms with Gasteiger partial charge >= 0.3 is 0 Å². The van der Waals surface area contributed by atoms with Gasteiger partial charge in [-0.15, -0.1) is 0 Å². The zero-order valence-electron chi connectivity index (χ0n) is 9.87. The number of pyridine rings is 1. The van der Waals surface area contributed by atoms with Gasteiger partial charge in [-0.05, 0) is 39.7 Å². The van der Waals surface area contributed by atoms with Crippen LogP contribution in [0.2, 0.25) is 10.0 Å². The molecular weight excluding hydrogens is 351 g/mol. The molecule has 0 saturated heterocycles. The van der Waals surface area contributed by atoms with Gasteiger partial charge in [0.25, 0.3) is 0 Å². The van der Waals surface area contributed by atoms with Crippen molar-refractivity contribution in [1.82, 2.24) is 4.98 Å². The first-order valence-corrected chi connectivity index (χ1v) is 7.09. The van der Waals surface area contributed by atoms with E-state index in [0.29, 0.717) is 34.6 Å². The average Bonchev–Trinajstić information content (AvgIpc) is 2.37. The van der Waals surface area contributed by atoms with Crippen molar-refractivity contribution in [2.45, 2.75) is 6.42 Å². The Morgan fingerprint density at radius 3 is 2.63 bits per heavy atom. The van der Waals surface area contributed by atoms with Gasteiger partial charge in [0.1, 0.15) is 0 Å². The predicted octanol–water partition coefficient (Wildman–Crippen LogP) is 4.35. The first-order chi connectivity index (χ1) is 9.08. The summed E-state index contributed by atoms with van der Waals surface area (Å²) < 4.78 is 6.41. The second-order valence-electron chi connectivity index (χ2n) is 3.84. The molecule has 0 fully saturated rings. The van der Waals surface area contributed by atoms with Crippen LogP contribution in [0.15, 0.2) is 34.9 Å². The number of benzene rings is 1. The van der Waals surface area contributed by atoms with Crippen LogP contribution in [0.4, 0.5) is 5.82 Å². The first kappa shape index (κ1) is 14.4. The fourth-order valence-electron chi connectivity index (χ4n) is 1.58. The van der Waals surface area contributed by atoms with E-state index in [0.717, 1.165) is 10.0 Å². The molecule has 3 nitrogen and oxygen atoms in total. The lowest BCUT2D eigenvalue weighted by atomic mass is 10.1. The van der Waals surface area contributed by atoms with E-state index in [1.807, 2.05) is 6.07 Å². The molecule has 2 aromatic rings. The van der Waals surface area contributed by atoms with Crippen LogP contribution >= 0.6 is 39.1 Å². The normalized spacial score (nSPS) is 10.5. The van der Waals surface area contributed by atoms with Crippen molar-refractivity contribution in [1.29, 1.82) is 0 Å². The number of anilines is 1. The Kier molecular flexibility index (Phi) is 4.91. The number of nitrogens with two attached hydrogens (primary N) is 1. The van der Waals surface area contributed by atoms with Gasteiger partial charge in [0.2, 0.25) is 0 Å². The van der Waals surface area contributed by atoms with Crippen molar-refractivity contribution >= 4 is 44.9 Å². The molecule has 0 aliphatic heterocycles. The van der Waals surface area contributed by atoms with Gasteiger partial charge in [-0.2, -0.15) is 0 Å². The molecule has 0 unspecified atom stereocenters. The van der Waals surface area contributed by atoms with Gasteiger partial charge in [0.15, 0.2) is 11.6 Å². The molecular formula is C13H11BrCl2N2O. The van der Waals surface area contributed by atoms with Gasteiger partial charge in [0.05, 0.1) is 6.61 Å². The Morgan fingerprint density at radius 1 is 1.26 bits per heavy atom. The number of rotatable bonds is 4.